The molecule has 7 heteroatoms. The van der Waals surface area contributed by atoms with Gasteiger partial charge in [-0.1, -0.05) is 109 Å². The second kappa shape index (κ2) is 16.6. The van der Waals surface area contributed by atoms with E-state index in [1.807, 2.05) is 66.7 Å². The van der Waals surface area contributed by atoms with Crippen LogP contribution in [-0.4, -0.2) is 42.0 Å². The maximum absolute atomic E-state index is 13.1. The molecule has 47 heavy (non-hydrogen) atoms. The summed E-state index contributed by atoms with van der Waals surface area (Å²) >= 11 is 0. The molecule has 0 fully saturated rings. The topological polar surface area (TPSA) is 105 Å². The predicted octanol–water partition coefficient (Wildman–Crippen LogP) is 6.74. The maximum atomic E-state index is 13.1. The van der Waals surface area contributed by atoms with Gasteiger partial charge < -0.3 is 20.5 Å². The van der Waals surface area contributed by atoms with Crippen molar-refractivity contribution in [1.29, 1.82) is 0 Å². The molecule has 0 aromatic heterocycles. The van der Waals surface area contributed by atoms with Crippen molar-refractivity contribution < 1.29 is 24.2 Å². The van der Waals surface area contributed by atoms with Gasteiger partial charge in [0.25, 0.3) is 0 Å². The Balaban J connectivity index is 1.07. The molecule has 7 nitrogen and oxygen atoms in total. The van der Waals surface area contributed by atoms with Gasteiger partial charge in [-0.2, -0.15) is 0 Å². The number of benzene rings is 5. The number of nitrogens with one attached hydrogen (secondary N) is 2. The van der Waals surface area contributed by atoms with Crippen LogP contribution in [0.15, 0.2) is 133 Å². The minimum Gasteiger partial charge on any atom is -0.494 e. The van der Waals surface area contributed by atoms with Crippen LogP contribution in [0.2, 0.25) is 0 Å². The highest BCUT2D eigenvalue weighted by Crippen LogP contribution is 2.22. The molecule has 0 heterocycles. The number of para-hydroxylation sites is 1. The van der Waals surface area contributed by atoms with Gasteiger partial charge in [0.1, 0.15) is 11.8 Å². The summed E-state index contributed by atoms with van der Waals surface area (Å²) < 4.78 is 5.86. The van der Waals surface area contributed by atoms with E-state index in [1.165, 1.54) is 5.56 Å². The number of rotatable bonds is 16. The van der Waals surface area contributed by atoms with Gasteiger partial charge in [-0.25, -0.2) is 4.79 Å². The van der Waals surface area contributed by atoms with Gasteiger partial charge in [0.2, 0.25) is 5.91 Å². The Hall–Kier alpha value is -5.69. The number of anilines is 1. The lowest BCUT2D eigenvalue weighted by molar-refractivity contribution is -0.137. The Bertz CT molecular complexity index is 1770. The van der Waals surface area contributed by atoms with Crippen molar-refractivity contribution in [1.82, 2.24) is 5.32 Å². The second-order valence-electron chi connectivity index (χ2n) is 11.3. The van der Waals surface area contributed by atoms with E-state index in [-0.39, 0.29) is 18.1 Å². The molecule has 0 aliphatic rings. The average Bonchev–Trinajstić information content (AvgIpc) is 3.10. The van der Waals surface area contributed by atoms with Gasteiger partial charge in [0.15, 0.2) is 5.78 Å². The van der Waals surface area contributed by atoms with E-state index in [4.69, 9.17) is 4.74 Å². The third-order valence-electron chi connectivity index (χ3n) is 7.82. The molecule has 0 radical (unpaired) electrons. The molecular formula is C40H38N2O5. The normalized spacial score (nSPS) is 11.3. The number of hydrogen-bond acceptors (Lipinski definition) is 5. The summed E-state index contributed by atoms with van der Waals surface area (Å²) in [5.74, 6) is -0.561. The van der Waals surface area contributed by atoms with Crippen molar-refractivity contribution in [3.05, 3.63) is 167 Å². The summed E-state index contributed by atoms with van der Waals surface area (Å²) in [6, 6.07) is 40.5. The molecule has 5 aromatic rings. The van der Waals surface area contributed by atoms with Crippen molar-refractivity contribution in [2.24, 2.45) is 0 Å². The van der Waals surface area contributed by atoms with Crippen LogP contribution in [0.4, 0.5) is 5.69 Å². The fourth-order valence-electron chi connectivity index (χ4n) is 5.34. The fraction of sp³-hybridized carbons (Fsp3) is 0.175. The number of ether oxygens (including phenoxy) is 1. The smallest absolute Gasteiger partial charge is 0.326 e. The monoisotopic (exact) mass is 626 g/mol. The lowest BCUT2D eigenvalue weighted by atomic mass is 9.98. The van der Waals surface area contributed by atoms with E-state index in [2.05, 4.69) is 28.8 Å². The molecule has 1 amide bonds. The summed E-state index contributed by atoms with van der Waals surface area (Å²) in [7, 11) is 0. The summed E-state index contributed by atoms with van der Waals surface area (Å²) in [4.78, 5) is 37.9. The highest BCUT2D eigenvalue weighted by molar-refractivity contribution is 6.12. The van der Waals surface area contributed by atoms with Crippen LogP contribution < -0.4 is 15.4 Å². The minimum absolute atomic E-state index is 0.0245. The first-order chi connectivity index (χ1) is 23.0. The highest BCUT2D eigenvalue weighted by atomic mass is 16.5. The number of carbonyl (C=O) groups excluding carboxylic acids is 2. The van der Waals surface area contributed by atoms with Crippen molar-refractivity contribution in [2.75, 3.05) is 18.5 Å². The Labute approximate surface area is 275 Å². The largest absolute Gasteiger partial charge is 0.494 e. The lowest BCUT2D eigenvalue weighted by Gasteiger charge is -2.18. The predicted molar refractivity (Wildman–Crippen MR) is 184 cm³/mol. The van der Waals surface area contributed by atoms with Crippen LogP contribution >= 0.6 is 0 Å². The third-order valence-corrected chi connectivity index (χ3v) is 7.82. The Morgan fingerprint density at radius 2 is 1.32 bits per heavy atom. The lowest BCUT2D eigenvalue weighted by Crippen LogP contribution is -2.32. The van der Waals surface area contributed by atoms with Gasteiger partial charge in [-0.15, -0.1) is 0 Å². The van der Waals surface area contributed by atoms with Crippen LogP contribution in [0.25, 0.3) is 0 Å². The molecule has 1 unspecified atom stereocenters. The molecule has 5 aromatic carbocycles. The van der Waals surface area contributed by atoms with E-state index >= 15 is 0 Å². The molecular weight excluding hydrogens is 588 g/mol. The molecule has 1 atom stereocenters. The molecule has 0 aliphatic heterocycles. The molecule has 0 saturated carbocycles. The minimum atomic E-state index is -1.02. The molecule has 0 saturated heterocycles. The van der Waals surface area contributed by atoms with Crippen molar-refractivity contribution in [2.45, 2.75) is 31.7 Å². The van der Waals surface area contributed by atoms with Crippen LogP contribution in [-0.2, 0) is 28.9 Å². The number of aliphatic carboxylic acids is 1. The van der Waals surface area contributed by atoms with Crippen LogP contribution in [0.3, 0.4) is 0 Å². The van der Waals surface area contributed by atoms with Crippen LogP contribution in [0.1, 0.15) is 44.6 Å². The zero-order valence-electron chi connectivity index (χ0n) is 26.1. The maximum Gasteiger partial charge on any atom is 0.326 e. The number of hydrogen-bond donors (Lipinski definition) is 3. The molecule has 3 N–H and O–H groups in total. The van der Waals surface area contributed by atoms with E-state index in [0.29, 0.717) is 48.6 Å². The number of carbonyl (C=O) groups is 3. The molecule has 5 rings (SSSR count). The first-order valence-electron chi connectivity index (χ1n) is 15.7. The van der Waals surface area contributed by atoms with Crippen molar-refractivity contribution in [3.8, 4) is 5.75 Å². The van der Waals surface area contributed by atoms with E-state index in [1.54, 1.807) is 48.5 Å². The highest BCUT2D eigenvalue weighted by Gasteiger charge is 2.21. The number of amides is 1. The van der Waals surface area contributed by atoms with Gasteiger partial charge in [-0.05, 0) is 59.4 Å². The quantitative estimate of drug-likeness (QED) is 0.0828. The fourth-order valence-corrected chi connectivity index (χ4v) is 5.34. The van der Waals surface area contributed by atoms with E-state index in [9.17, 15) is 19.5 Å². The molecule has 238 valence electrons. The molecule has 0 spiro atoms. The van der Waals surface area contributed by atoms with Gasteiger partial charge in [-0.3, -0.25) is 9.59 Å². The van der Waals surface area contributed by atoms with Gasteiger partial charge in [0.05, 0.1) is 13.0 Å². The SMILES string of the molecule is O=C(Cc1ccccc1Cc1ccccc1)NCCCOc1ccc(CC(Nc2ccccc2C(=O)c2ccccc2)C(=O)O)cc1. The van der Waals surface area contributed by atoms with E-state index in [0.717, 1.165) is 23.1 Å². The molecule has 0 aliphatic carbocycles. The third kappa shape index (κ3) is 9.65. The average molecular weight is 627 g/mol. The first-order valence-corrected chi connectivity index (χ1v) is 15.7. The summed E-state index contributed by atoms with van der Waals surface area (Å²) in [5.41, 5.74) is 5.61. The number of carboxylic acid groups (broad SMARTS) is 1. The summed E-state index contributed by atoms with van der Waals surface area (Å²) in [6.45, 7) is 0.924. The zero-order chi connectivity index (χ0) is 32.8. The zero-order valence-corrected chi connectivity index (χ0v) is 26.1. The van der Waals surface area contributed by atoms with Crippen LogP contribution in [0.5, 0.6) is 5.75 Å². The first kappa shape index (κ1) is 32.7. The Kier molecular flexibility index (Phi) is 11.5. The second-order valence-corrected chi connectivity index (χ2v) is 11.3. The van der Waals surface area contributed by atoms with Crippen molar-refractivity contribution in [3.63, 3.8) is 0 Å². The Morgan fingerprint density at radius 3 is 2.04 bits per heavy atom. The van der Waals surface area contributed by atoms with E-state index < -0.39 is 12.0 Å². The number of carboxylic acids is 1. The Morgan fingerprint density at radius 1 is 0.681 bits per heavy atom. The standard InChI is InChI=1S/C40H38N2O5/c43-38(28-33-17-8-7-16-32(33)26-29-12-3-1-4-13-29)41-24-11-25-47-34-22-20-30(21-23-34)27-37(40(45)46)42-36-19-10-9-18-35(36)39(44)31-14-5-2-6-15-31/h1-10,12-23,37,42H,11,24-28H2,(H,41,43)(H,45,46). The van der Waals surface area contributed by atoms with Gasteiger partial charge >= 0.3 is 5.97 Å². The summed E-state index contributed by atoms with van der Waals surface area (Å²) in [6.07, 6.45) is 1.97. The van der Waals surface area contributed by atoms with Gasteiger partial charge in [0, 0.05) is 29.8 Å². The van der Waals surface area contributed by atoms with Crippen molar-refractivity contribution >= 4 is 23.3 Å². The van der Waals surface area contributed by atoms with Crippen LogP contribution in [0, 0.1) is 0 Å². The number of ketones is 1. The molecule has 0 bridgehead atoms. The summed E-state index contributed by atoms with van der Waals surface area (Å²) in [5, 5.41) is 16.0.